The second-order valence-electron chi connectivity index (χ2n) is 1.38. The molecule has 0 aromatic heterocycles. The Bertz CT molecular complexity index is 120. The molecule has 0 aliphatic carbocycles. The van der Waals surface area contributed by atoms with Crippen LogP contribution >= 0.6 is 27.5 Å². The molecule has 0 spiro atoms. The van der Waals surface area contributed by atoms with E-state index in [1.807, 2.05) is 26.0 Å². The number of halogens is 2. The second-order valence-corrected chi connectivity index (χ2v) is 2.80. The maximum absolute atomic E-state index is 5.59. The second kappa shape index (κ2) is 4.16. The Morgan fingerprint density at radius 1 is 1.62 bits per heavy atom. The highest BCUT2D eigenvalue weighted by Crippen LogP contribution is 2.15. The van der Waals surface area contributed by atoms with Crippen LogP contribution in [0, 0.1) is 0 Å². The van der Waals surface area contributed by atoms with Crippen molar-refractivity contribution in [2.24, 2.45) is 0 Å². The minimum Gasteiger partial charge on any atom is -0.0882 e. The van der Waals surface area contributed by atoms with E-state index in [4.69, 9.17) is 11.6 Å². The molecule has 0 aliphatic rings. The molecule has 0 radical (unpaired) electrons. The summed E-state index contributed by atoms with van der Waals surface area (Å²) in [7, 11) is 0. The summed E-state index contributed by atoms with van der Waals surface area (Å²) in [6.45, 7) is 3.78. The quantitative estimate of drug-likeness (QED) is 0.563. The van der Waals surface area contributed by atoms with E-state index < -0.39 is 0 Å². The van der Waals surface area contributed by atoms with E-state index in [0.717, 1.165) is 9.51 Å². The Balaban J connectivity index is 4.00. The van der Waals surface area contributed by atoms with E-state index in [1.165, 1.54) is 0 Å². The maximum atomic E-state index is 5.59. The first-order chi connectivity index (χ1) is 3.68. The van der Waals surface area contributed by atoms with E-state index in [1.54, 1.807) is 0 Å². The van der Waals surface area contributed by atoms with Gasteiger partial charge in [-0.3, -0.25) is 0 Å². The van der Waals surface area contributed by atoms with Crippen molar-refractivity contribution in [1.29, 1.82) is 0 Å². The maximum Gasteiger partial charge on any atom is 0.0314 e. The fourth-order valence-electron chi connectivity index (χ4n) is 0.261. The van der Waals surface area contributed by atoms with Gasteiger partial charge in [-0.05, 0) is 29.8 Å². The topological polar surface area (TPSA) is 0 Å². The first kappa shape index (κ1) is 8.25. The predicted octanol–water partition coefficient (Wildman–Crippen LogP) is 3.43. The number of hydrogen-bond acceptors (Lipinski definition) is 0. The number of rotatable bonds is 1. The third kappa shape index (κ3) is 3.28. The lowest BCUT2D eigenvalue weighted by atomic mass is 10.4. The van der Waals surface area contributed by atoms with Gasteiger partial charge in [0.1, 0.15) is 0 Å². The number of hydrogen-bond donors (Lipinski definition) is 0. The van der Waals surface area contributed by atoms with Gasteiger partial charge in [0.05, 0.1) is 0 Å². The van der Waals surface area contributed by atoms with E-state index in [9.17, 15) is 0 Å². The Labute approximate surface area is 63.4 Å². The van der Waals surface area contributed by atoms with Gasteiger partial charge < -0.3 is 0 Å². The van der Waals surface area contributed by atoms with Crippen LogP contribution in [0.3, 0.4) is 0 Å². The average molecular weight is 195 g/mol. The molecule has 0 unspecified atom stereocenters. The molecule has 0 fully saturated rings. The largest absolute Gasteiger partial charge is 0.0882 e. The molecule has 0 N–H and O–H groups in total. The Kier molecular flexibility index (Phi) is 4.29. The van der Waals surface area contributed by atoms with Crippen molar-refractivity contribution in [1.82, 2.24) is 0 Å². The molecule has 0 rings (SSSR count). The highest BCUT2D eigenvalue weighted by atomic mass is 79.9. The van der Waals surface area contributed by atoms with Gasteiger partial charge in [-0.25, -0.2) is 0 Å². The normalized spacial score (nSPS) is 14.5. The van der Waals surface area contributed by atoms with Crippen molar-refractivity contribution in [2.75, 3.05) is 0 Å². The SMILES string of the molecule is C/C=C\C(Br)=C(/C)Cl. The molecule has 0 saturated carbocycles. The van der Waals surface area contributed by atoms with Gasteiger partial charge in [0.25, 0.3) is 0 Å². The summed E-state index contributed by atoms with van der Waals surface area (Å²) in [6.07, 6.45) is 3.83. The van der Waals surface area contributed by atoms with Gasteiger partial charge >= 0.3 is 0 Å². The Morgan fingerprint density at radius 3 is 2.25 bits per heavy atom. The van der Waals surface area contributed by atoms with Crippen LogP contribution in [0.2, 0.25) is 0 Å². The molecule has 0 bridgehead atoms. The van der Waals surface area contributed by atoms with Crippen LogP contribution in [0.4, 0.5) is 0 Å². The van der Waals surface area contributed by atoms with Crippen molar-refractivity contribution in [2.45, 2.75) is 13.8 Å². The van der Waals surface area contributed by atoms with Gasteiger partial charge in [0, 0.05) is 9.51 Å². The van der Waals surface area contributed by atoms with Crippen LogP contribution < -0.4 is 0 Å². The van der Waals surface area contributed by atoms with E-state index in [0.29, 0.717) is 0 Å². The van der Waals surface area contributed by atoms with Gasteiger partial charge in [-0.2, -0.15) is 0 Å². The van der Waals surface area contributed by atoms with Gasteiger partial charge in [0.2, 0.25) is 0 Å². The summed E-state index contributed by atoms with van der Waals surface area (Å²) in [5.41, 5.74) is 0. The zero-order chi connectivity index (χ0) is 6.57. The summed E-state index contributed by atoms with van der Waals surface area (Å²) in [5.74, 6) is 0. The summed E-state index contributed by atoms with van der Waals surface area (Å²) in [4.78, 5) is 0. The standard InChI is InChI=1S/C6H8BrCl/c1-3-4-6(7)5(2)8/h3-4H,1-2H3/b4-3-,6-5-. The molecule has 0 amide bonds. The summed E-state index contributed by atoms with van der Waals surface area (Å²) in [5, 5.41) is 0.781. The first-order valence-electron chi connectivity index (χ1n) is 2.33. The Morgan fingerprint density at radius 2 is 2.12 bits per heavy atom. The summed E-state index contributed by atoms with van der Waals surface area (Å²) >= 11 is 8.85. The third-order valence-corrected chi connectivity index (χ3v) is 1.93. The smallest absolute Gasteiger partial charge is 0.0314 e. The molecule has 0 saturated heterocycles. The zero-order valence-electron chi connectivity index (χ0n) is 4.91. The van der Waals surface area contributed by atoms with Gasteiger partial charge in [-0.1, -0.05) is 23.8 Å². The minimum atomic E-state index is 0.781. The molecule has 8 heavy (non-hydrogen) atoms. The predicted molar refractivity (Wildman–Crippen MR) is 42.3 cm³/mol. The molecule has 0 aromatic carbocycles. The zero-order valence-corrected chi connectivity index (χ0v) is 7.25. The molecule has 0 aromatic rings. The highest BCUT2D eigenvalue weighted by Gasteiger charge is 1.85. The Hall–Kier alpha value is 0.250. The van der Waals surface area contributed by atoms with Gasteiger partial charge in [0.15, 0.2) is 0 Å². The molecule has 0 atom stereocenters. The molecule has 0 nitrogen and oxygen atoms in total. The van der Waals surface area contributed by atoms with Crippen molar-refractivity contribution in [3.05, 3.63) is 21.7 Å². The first-order valence-corrected chi connectivity index (χ1v) is 3.50. The van der Waals surface area contributed by atoms with Crippen molar-refractivity contribution in [3.63, 3.8) is 0 Å². The monoisotopic (exact) mass is 194 g/mol. The van der Waals surface area contributed by atoms with Crippen LogP contribution in [0.5, 0.6) is 0 Å². The van der Waals surface area contributed by atoms with Crippen molar-refractivity contribution < 1.29 is 0 Å². The van der Waals surface area contributed by atoms with Crippen LogP contribution in [0.15, 0.2) is 21.7 Å². The fraction of sp³-hybridized carbons (Fsp3) is 0.333. The van der Waals surface area contributed by atoms with Crippen LogP contribution in [-0.2, 0) is 0 Å². The van der Waals surface area contributed by atoms with E-state index in [2.05, 4.69) is 15.9 Å². The van der Waals surface area contributed by atoms with E-state index in [-0.39, 0.29) is 0 Å². The average Bonchev–Trinajstić information content (AvgIpc) is 1.67. The minimum absolute atomic E-state index is 0.781. The highest BCUT2D eigenvalue weighted by molar-refractivity contribution is 9.12. The molecular formula is C6H8BrCl. The van der Waals surface area contributed by atoms with Gasteiger partial charge in [-0.15, -0.1) is 0 Å². The lowest BCUT2D eigenvalue weighted by molar-refractivity contribution is 1.62. The van der Waals surface area contributed by atoms with Crippen LogP contribution in [-0.4, -0.2) is 0 Å². The lowest BCUT2D eigenvalue weighted by Gasteiger charge is -1.86. The number of allylic oxidation sites excluding steroid dienone is 4. The van der Waals surface area contributed by atoms with Crippen molar-refractivity contribution in [3.8, 4) is 0 Å². The molecular weight excluding hydrogens is 187 g/mol. The third-order valence-electron chi connectivity index (χ3n) is 0.642. The molecule has 0 aliphatic heterocycles. The van der Waals surface area contributed by atoms with E-state index >= 15 is 0 Å². The molecule has 46 valence electrons. The summed E-state index contributed by atoms with van der Waals surface area (Å²) < 4.78 is 0.946. The van der Waals surface area contributed by atoms with Crippen LogP contribution in [0.25, 0.3) is 0 Å². The lowest BCUT2D eigenvalue weighted by Crippen LogP contribution is -1.62. The molecule has 2 heteroatoms. The van der Waals surface area contributed by atoms with Crippen LogP contribution in [0.1, 0.15) is 13.8 Å². The summed E-state index contributed by atoms with van der Waals surface area (Å²) in [6, 6.07) is 0. The van der Waals surface area contributed by atoms with Crippen molar-refractivity contribution >= 4 is 27.5 Å². The fourth-order valence-corrected chi connectivity index (χ4v) is 0.588. The molecule has 0 heterocycles.